The molecular formula is C19H26N2O3. The third kappa shape index (κ3) is 3.61. The summed E-state index contributed by atoms with van der Waals surface area (Å²) in [6.07, 6.45) is 4.11. The molecule has 0 radical (unpaired) electrons. The maximum absolute atomic E-state index is 12.4. The van der Waals surface area contributed by atoms with E-state index in [1.807, 2.05) is 0 Å². The number of β-amino-alcohol motifs (C(OH)–C–C–N with tert-alkyl or cyclic N) is 1. The molecule has 0 saturated carbocycles. The summed E-state index contributed by atoms with van der Waals surface area (Å²) in [7, 11) is 0. The van der Waals surface area contributed by atoms with Gasteiger partial charge in [0.1, 0.15) is 0 Å². The van der Waals surface area contributed by atoms with E-state index in [2.05, 4.69) is 29.6 Å². The lowest BCUT2D eigenvalue weighted by Crippen LogP contribution is -2.58. The molecule has 1 aliphatic heterocycles. The summed E-state index contributed by atoms with van der Waals surface area (Å²) >= 11 is 0. The van der Waals surface area contributed by atoms with Crippen molar-refractivity contribution in [1.82, 2.24) is 10.2 Å². The number of aliphatic hydroxyl groups is 1. The number of rotatable bonds is 4. The van der Waals surface area contributed by atoms with Gasteiger partial charge in [0.25, 0.3) is 5.91 Å². The Morgan fingerprint density at radius 2 is 1.96 bits per heavy atom. The summed E-state index contributed by atoms with van der Waals surface area (Å²) in [5.41, 5.74) is 1.39. The number of hydrogen-bond donors (Lipinski definition) is 2. The molecule has 1 aliphatic carbocycles. The maximum atomic E-state index is 12.4. The van der Waals surface area contributed by atoms with Crippen molar-refractivity contribution in [2.45, 2.75) is 44.6 Å². The van der Waals surface area contributed by atoms with Crippen LogP contribution in [0.25, 0.3) is 0 Å². The van der Waals surface area contributed by atoms with Gasteiger partial charge >= 0.3 is 0 Å². The van der Waals surface area contributed by atoms with Gasteiger partial charge in [-0.3, -0.25) is 9.59 Å². The van der Waals surface area contributed by atoms with Crippen molar-refractivity contribution >= 4 is 11.8 Å². The Morgan fingerprint density at radius 1 is 1.29 bits per heavy atom. The lowest BCUT2D eigenvalue weighted by atomic mass is 9.91. The molecule has 0 spiro atoms. The zero-order valence-corrected chi connectivity index (χ0v) is 14.3. The molecule has 5 nitrogen and oxygen atoms in total. The molecule has 0 unspecified atom stereocenters. The average Bonchev–Trinajstić information content (AvgIpc) is 2.97. The van der Waals surface area contributed by atoms with E-state index in [0.717, 1.165) is 19.3 Å². The second kappa shape index (κ2) is 6.93. The van der Waals surface area contributed by atoms with E-state index < -0.39 is 5.60 Å². The molecule has 1 aromatic rings. The number of amides is 2. The maximum Gasteiger partial charge on any atom is 0.253 e. The quantitative estimate of drug-likeness (QED) is 0.874. The molecule has 2 N–H and O–H groups in total. The third-order valence-corrected chi connectivity index (χ3v) is 5.31. The van der Waals surface area contributed by atoms with Crippen molar-refractivity contribution in [2.24, 2.45) is 5.92 Å². The highest BCUT2D eigenvalue weighted by Crippen LogP contribution is 2.28. The zero-order chi connectivity index (χ0) is 17.2. The van der Waals surface area contributed by atoms with Crippen LogP contribution in [-0.2, 0) is 22.4 Å². The second-order valence-electron chi connectivity index (χ2n) is 7.16. The van der Waals surface area contributed by atoms with Gasteiger partial charge in [0.2, 0.25) is 5.91 Å². The van der Waals surface area contributed by atoms with E-state index in [4.69, 9.17) is 0 Å². The van der Waals surface area contributed by atoms with Gasteiger partial charge in [-0.25, -0.2) is 0 Å². The van der Waals surface area contributed by atoms with Crippen molar-refractivity contribution in [3.05, 3.63) is 35.4 Å². The van der Waals surface area contributed by atoms with Gasteiger partial charge in [-0.1, -0.05) is 24.3 Å². The highest BCUT2D eigenvalue weighted by atomic mass is 16.3. The topological polar surface area (TPSA) is 69.6 Å². The lowest BCUT2D eigenvalue weighted by molar-refractivity contribution is -0.150. The largest absolute Gasteiger partial charge is 0.378 e. The molecule has 1 heterocycles. The Bertz CT molecular complexity index is 606. The van der Waals surface area contributed by atoms with Crippen LogP contribution in [0, 0.1) is 5.92 Å². The van der Waals surface area contributed by atoms with Gasteiger partial charge in [0.15, 0.2) is 5.60 Å². The first-order chi connectivity index (χ1) is 11.5. The molecule has 5 heteroatoms. The minimum Gasteiger partial charge on any atom is -0.378 e. The summed E-state index contributed by atoms with van der Waals surface area (Å²) in [6.45, 7) is 2.76. The molecule has 2 aliphatic rings. The summed E-state index contributed by atoms with van der Waals surface area (Å²) in [5.74, 6) is 0.117. The highest BCUT2D eigenvalue weighted by molar-refractivity contribution is 5.86. The van der Waals surface area contributed by atoms with Crippen molar-refractivity contribution in [2.75, 3.05) is 19.6 Å². The van der Waals surface area contributed by atoms with E-state index in [1.165, 1.54) is 18.1 Å². The van der Waals surface area contributed by atoms with Crippen LogP contribution in [0.5, 0.6) is 0 Å². The third-order valence-electron chi connectivity index (χ3n) is 5.31. The number of benzene rings is 1. The molecular weight excluding hydrogens is 304 g/mol. The number of carbonyl (C=O) groups excluding carboxylic acids is 2. The number of carbonyl (C=O) groups is 2. The van der Waals surface area contributed by atoms with Crippen LogP contribution in [0.2, 0.25) is 0 Å². The van der Waals surface area contributed by atoms with Gasteiger partial charge in [-0.15, -0.1) is 0 Å². The van der Waals surface area contributed by atoms with E-state index in [0.29, 0.717) is 31.8 Å². The molecule has 24 heavy (non-hydrogen) atoms. The molecule has 2 amide bonds. The first kappa shape index (κ1) is 17.0. The fourth-order valence-electron chi connectivity index (χ4n) is 3.90. The summed E-state index contributed by atoms with van der Waals surface area (Å²) in [4.78, 5) is 25.4. The molecule has 0 aromatic heterocycles. The molecule has 3 rings (SSSR count). The van der Waals surface area contributed by atoms with Crippen LogP contribution < -0.4 is 5.32 Å². The Kier molecular flexibility index (Phi) is 4.90. The van der Waals surface area contributed by atoms with Crippen molar-refractivity contribution in [3.8, 4) is 0 Å². The Morgan fingerprint density at radius 3 is 2.58 bits per heavy atom. The van der Waals surface area contributed by atoms with Gasteiger partial charge in [0.05, 0.1) is 6.54 Å². The average molecular weight is 330 g/mol. The monoisotopic (exact) mass is 330 g/mol. The number of nitrogens with one attached hydrogen (secondary N) is 1. The molecule has 0 bridgehead atoms. The van der Waals surface area contributed by atoms with Crippen LogP contribution >= 0.6 is 0 Å². The van der Waals surface area contributed by atoms with Crippen LogP contribution in [0.1, 0.15) is 37.3 Å². The summed E-state index contributed by atoms with van der Waals surface area (Å²) in [5, 5.41) is 13.5. The van der Waals surface area contributed by atoms with E-state index in [1.54, 1.807) is 4.90 Å². The Hall–Kier alpha value is -1.88. The molecule has 130 valence electrons. The number of fused-ring (bicyclic) bond motifs is 1. The van der Waals surface area contributed by atoms with Crippen LogP contribution in [0.15, 0.2) is 24.3 Å². The number of likely N-dealkylation sites (tertiary alicyclic amines) is 1. The highest BCUT2D eigenvalue weighted by Gasteiger charge is 2.40. The van der Waals surface area contributed by atoms with E-state index in [9.17, 15) is 14.7 Å². The van der Waals surface area contributed by atoms with Crippen molar-refractivity contribution in [3.63, 3.8) is 0 Å². The smallest absolute Gasteiger partial charge is 0.253 e. The zero-order valence-electron chi connectivity index (χ0n) is 14.3. The number of piperidine rings is 1. The number of nitrogens with zero attached hydrogens (tertiary/aromatic N) is 1. The predicted octanol–water partition coefficient (Wildman–Crippen LogP) is 1.28. The molecule has 1 atom stereocenters. The minimum absolute atomic E-state index is 0.0929. The first-order valence-electron chi connectivity index (χ1n) is 8.81. The standard InChI is InChI=1S/C19H26N2O3/c1-14(22)21-10-4-8-19(24,13-21)18(23)20-9-7-15-11-16-5-2-3-6-17(16)12-15/h2-3,5-6,15,24H,4,7-13H2,1H3,(H,20,23)/t19-/m0/s1. The Balaban J connectivity index is 1.47. The Labute approximate surface area is 143 Å². The summed E-state index contributed by atoms with van der Waals surface area (Å²) in [6, 6.07) is 8.49. The molecule has 1 aromatic carbocycles. The van der Waals surface area contributed by atoms with E-state index in [-0.39, 0.29) is 18.4 Å². The second-order valence-corrected chi connectivity index (χ2v) is 7.16. The van der Waals surface area contributed by atoms with Crippen molar-refractivity contribution < 1.29 is 14.7 Å². The lowest BCUT2D eigenvalue weighted by Gasteiger charge is -2.37. The number of hydrogen-bond acceptors (Lipinski definition) is 3. The summed E-state index contributed by atoms with van der Waals surface area (Å²) < 4.78 is 0. The van der Waals surface area contributed by atoms with E-state index >= 15 is 0 Å². The molecule has 1 fully saturated rings. The van der Waals surface area contributed by atoms with Gasteiger partial charge in [0, 0.05) is 20.0 Å². The van der Waals surface area contributed by atoms with Gasteiger partial charge < -0.3 is 15.3 Å². The van der Waals surface area contributed by atoms with Crippen LogP contribution in [0.3, 0.4) is 0 Å². The SMILES string of the molecule is CC(=O)N1CCC[C@@](O)(C(=O)NCCC2Cc3ccccc3C2)C1. The minimum atomic E-state index is -1.44. The first-order valence-corrected chi connectivity index (χ1v) is 8.81. The van der Waals surface area contributed by atoms with Gasteiger partial charge in [-0.2, -0.15) is 0 Å². The van der Waals surface area contributed by atoms with Gasteiger partial charge in [-0.05, 0) is 49.1 Å². The molecule has 1 saturated heterocycles. The van der Waals surface area contributed by atoms with Crippen molar-refractivity contribution in [1.29, 1.82) is 0 Å². The fraction of sp³-hybridized carbons (Fsp3) is 0.579. The fourth-order valence-corrected chi connectivity index (χ4v) is 3.90. The normalized spacial score (nSPS) is 23.8. The van der Waals surface area contributed by atoms with Crippen LogP contribution in [-0.4, -0.2) is 47.1 Å². The van der Waals surface area contributed by atoms with Crippen LogP contribution in [0.4, 0.5) is 0 Å². The predicted molar refractivity (Wildman–Crippen MR) is 91.4 cm³/mol.